The highest BCUT2D eigenvalue weighted by molar-refractivity contribution is 5.91. The first-order valence-electron chi connectivity index (χ1n) is 7.13. The fourth-order valence-electron chi connectivity index (χ4n) is 1.93. The molecule has 0 aliphatic rings. The molecular weight excluding hydrogens is 310 g/mol. The van der Waals surface area contributed by atoms with Crippen LogP contribution in [-0.4, -0.2) is 25.6 Å². The first-order valence-corrected chi connectivity index (χ1v) is 7.13. The molecule has 0 atom stereocenters. The number of amides is 1. The molecule has 1 N–H and O–H groups in total. The van der Waals surface area contributed by atoms with E-state index in [0.717, 1.165) is 6.08 Å². The number of nitrogens with one attached hydrogen (secondary N) is 1. The van der Waals surface area contributed by atoms with Crippen LogP contribution in [-0.2, 0) is 9.59 Å². The van der Waals surface area contributed by atoms with Gasteiger partial charge in [-0.2, -0.15) is 0 Å². The normalized spacial score (nSPS) is 10.4. The van der Waals surface area contributed by atoms with Crippen molar-refractivity contribution in [2.45, 2.75) is 0 Å². The number of rotatable bonds is 7. The lowest BCUT2D eigenvalue weighted by atomic mass is 10.2. The first-order chi connectivity index (χ1) is 11.6. The van der Waals surface area contributed by atoms with Crippen LogP contribution in [0.25, 0.3) is 6.08 Å². The highest BCUT2D eigenvalue weighted by Gasteiger charge is 2.08. The third-order valence-corrected chi connectivity index (χ3v) is 3.02. The molecule has 0 aliphatic heterocycles. The summed E-state index contributed by atoms with van der Waals surface area (Å²) in [6, 6.07) is 13.9. The third-order valence-electron chi connectivity index (χ3n) is 3.02. The van der Waals surface area contributed by atoms with Gasteiger partial charge in [0.2, 0.25) is 0 Å². The van der Waals surface area contributed by atoms with E-state index >= 15 is 0 Å². The highest BCUT2D eigenvalue weighted by Crippen LogP contribution is 2.28. The Hall–Kier alpha value is -3.28. The van der Waals surface area contributed by atoms with Crippen molar-refractivity contribution >= 4 is 23.6 Å². The van der Waals surface area contributed by atoms with E-state index in [4.69, 9.17) is 9.47 Å². The molecule has 0 aromatic heterocycles. The SMILES string of the molecule is COc1cc(/C=C/C(=O)[O-])ccc1OCC(=O)Nc1ccccc1. The Morgan fingerprint density at radius 2 is 1.88 bits per heavy atom. The van der Waals surface area contributed by atoms with Crippen LogP contribution in [0.1, 0.15) is 5.56 Å². The Kier molecular flexibility index (Phi) is 5.96. The number of para-hydroxylation sites is 1. The van der Waals surface area contributed by atoms with Gasteiger partial charge in [0.05, 0.1) is 13.1 Å². The Morgan fingerprint density at radius 3 is 2.54 bits per heavy atom. The number of hydrogen-bond acceptors (Lipinski definition) is 5. The van der Waals surface area contributed by atoms with Gasteiger partial charge in [-0.15, -0.1) is 0 Å². The van der Waals surface area contributed by atoms with Gasteiger partial charge >= 0.3 is 0 Å². The summed E-state index contributed by atoms with van der Waals surface area (Å²) in [7, 11) is 1.46. The first kappa shape index (κ1) is 17.1. The summed E-state index contributed by atoms with van der Waals surface area (Å²) in [4.78, 5) is 22.3. The average Bonchev–Trinajstić information content (AvgIpc) is 2.59. The molecule has 24 heavy (non-hydrogen) atoms. The Labute approximate surface area is 139 Å². The largest absolute Gasteiger partial charge is 0.545 e. The van der Waals surface area contributed by atoms with Crippen LogP contribution in [0.5, 0.6) is 11.5 Å². The van der Waals surface area contributed by atoms with E-state index < -0.39 is 5.97 Å². The maximum Gasteiger partial charge on any atom is 0.262 e. The fourth-order valence-corrected chi connectivity index (χ4v) is 1.93. The molecule has 0 bridgehead atoms. The van der Waals surface area contributed by atoms with Crippen LogP contribution in [0, 0.1) is 0 Å². The van der Waals surface area contributed by atoms with Crippen molar-refractivity contribution in [3.8, 4) is 11.5 Å². The summed E-state index contributed by atoms with van der Waals surface area (Å²) in [5, 5.41) is 13.1. The number of carbonyl (C=O) groups excluding carboxylic acids is 2. The van der Waals surface area contributed by atoms with Gasteiger partial charge in [-0.05, 0) is 35.9 Å². The van der Waals surface area contributed by atoms with Gasteiger partial charge in [0.15, 0.2) is 18.1 Å². The number of methoxy groups -OCH3 is 1. The maximum atomic E-state index is 11.9. The van der Waals surface area contributed by atoms with Crippen LogP contribution >= 0.6 is 0 Å². The number of aliphatic carboxylic acids is 1. The van der Waals surface area contributed by atoms with E-state index in [1.54, 1.807) is 30.3 Å². The Bertz CT molecular complexity index is 740. The summed E-state index contributed by atoms with van der Waals surface area (Å²) in [5.74, 6) is -0.814. The van der Waals surface area contributed by atoms with E-state index in [1.165, 1.54) is 13.2 Å². The van der Waals surface area contributed by atoms with E-state index in [-0.39, 0.29) is 12.5 Å². The summed E-state index contributed by atoms with van der Waals surface area (Å²) in [6.45, 7) is -0.181. The van der Waals surface area contributed by atoms with Crippen molar-refractivity contribution < 1.29 is 24.2 Å². The molecule has 1 amide bonds. The van der Waals surface area contributed by atoms with Crippen molar-refractivity contribution in [2.24, 2.45) is 0 Å². The molecule has 2 aromatic carbocycles. The van der Waals surface area contributed by atoms with Crippen molar-refractivity contribution in [3.63, 3.8) is 0 Å². The number of carbonyl (C=O) groups is 2. The van der Waals surface area contributed by atoms with Crippen LogP contribution in [0.2, 0.25) is 0 Å². The summed E-state index contributed by atoms with van der Waals surface area (Å²) in [6.07, 6.45) is 2.30. The van der Waals surface area contributed by atoms with Crippen molar-refractivity contribution in [2.75, 3.05) is 19.0 Å². The quantitative estimate of drug-likeness (QED) is 0.779. The van der Waals surface area contributed by atoms with Gasteiger partial charge in [0.25, 0.3) is 5.91 Å². The summed E-state index contributed by atoms with van der Waals surface area (Å²) < 4.78 is 10.6. The number of ether oxygens (including phenoxy) is 2. The molecule has 0 spiro atoms. The van der Waals surface area contributed by atoms with Gasteiger partial charge in [0.1, 0.15) is 0 Å². The van der Waals surface area contributed by atoms with E-state index in [9.17, 15) is 14.7 Å². The number of hydrogen-bond donors (Lipinski definition) is 1. The van der Waals surface area contributed by atoms with Gasteiger partial charge < -0.3 is 24.7 Å². The molecule has 6 nitrogen and oxygen atoms in total. The molecule has 2 rings (SSSR count). The second-order valence-corrected chi connectivity index (χ2v) is 4.77. The van der Waals surface area contributed by atoms with Crippen LogP contribution < -0.4 is 19.9 Å². The molecule has 0 radical (unpaired) electrons. The topological polar surface area (TPSA) is 87.7 Å². The average molecular weight is 326 g/mol. The van der Waals surface area contributed by atoms with Gasteiger partial charge in [-0.25, -0.2) is 0 Å². The molecule has 0 saturated heterocycles. The molecule has 0 saturated carbocycles. The Morgan fingerprint density at radius 1 is 1.12 bits per heavy atom. The zero-order valence-electron chi connectivity index (χ0n) is 13.0. The van der Waals surface area contributed by atoms with Gasteiger partial charge in [0, 0.05) is 5.69 Å². The second-order valence-electron chi connectivity index (χ2n) is 4.77. The molecular formula is C18H16NO5-. The van der Waals surface area contributed by atoms with Crippen molar-refractivity contribution in [3.05, 3.63) is 60.2 Å². The fraction of sp³-hybridized carbons (Fsp3) is 0.111. The van der Waals surface area contributed by atoms with Crippen molar-refractivity contribution in [1.29, 1.82) is 0 Å². The Balaban J connectivity index is 1.99. The van der Waals surface area contributed by atoms with E-state index in [2.05, 4.69) is 5.32 Å². The lowest BCUT2D eigenvalue weighted by Crippen LogP contribution is -2.20. The van der Waals surface area contributed by atoms with E-state index in [1.807, 2.05) is 18.2 Å². The lowest BCUT2D eigenvalue weighted by molar-refractivity contribution is -0.297. The number of carboxylic acid groups (broad SMARTS) is 1. The second kappa shape index (κ2) is 8.38. The summed E-state index contributed by atoms with van der Waals surface area (Å²) >= 11 is 0. The summed E-state index contributed by atoms with van der Waals surface area (Å²) in [5.41, 5.74) is 1.29. The minimum Gasteiger partial charge on any atom is -0.545 e. The smallest absolute Gasteiger partial charge is 0.262 e. The molecule has 0 unspecified atom stereocenters. The van der Waals surface area contributed by atoms with Gasteiger partial charge in [-0.1, -0.05) is 30.3 Å². The molecule has 0 aliphatic carbocycles. The van der Waals surface area contributed by atoms with Crippen LogP contribution in [0.15, 0.2) is 54.6 Å². The van der Waals surface area contributed by atoms with Crippen molar-refractivity contribution in [1.82, 2.24) is 0 Å². The zero-order chi connectivity index (χ0) is 17.4. The standard InChI is InChI=1S/C18H17NO5/c1-23-16-11-13(8-10-18(21)22)7-9-15(16)24-12-17(20)19-14-5-3-2-4-6-14/h2-11H,12H2,1H3,(H,19,20)(H,21,22)/p-1/b10-8+. The minimum atomic E-state index is -1.29. The van der Waals surface area contributed by atoms with Crippen LogP contribution in [0.4, 0.5) is 5.69 Å². The molecule has 0 fully saturated rings. The number of carboxylic acids is 1. The molecule has 2 aromatic rings. The van der Waals surface area contributed by atoms with Crippen LogP contribution in [0.3, 0.4) is 0 Å². The molecule has 6 heteroatoms. The number of benzene rings is 2. The zero-order valence-corrected chi connectivity index (χ0v) is 13.0. The molecule has 124 valence electrons. The third kappa shape index (κ3) is 5.17. The lowest BCUT2D eigenvalue weighted by Gasteiger charge is -2.11. The monoisotopic (exact) mass is 326 g/mol. The van der Waals surface area contributed by atoms with E-state index in [0.29, 0.717) is 22.7 Å². The predicted molar refractivity (Wildman–Crippen MR) is 87.6 cm³/mol. The molecule has 0 heterocycles. The minimum absolute atomic E-state index is 0.181. The number of anilines is 1. The van der Waals surface area contributed by atoms with Gasteiger partial charge in [-0.3, -0.25) is 4.79 Å². The highest BCUT2D eigenvalue weighted by atomic mass is 16.5. The maximum absolute atomic E-state index is 11.9. The predicted octanol–water partition coefficient (Wildman–Crippen LogP) is 1.48.